The molecule has 34 nitrogen and oxygen atoms in total. The fraction of sp³-hybridized carbons (Fsp3) is 0.0377. The van der Waals surface area contributed by atoms with Crippen LogP contribution in [0.15, 0.2) is 242 Å². The summed E-state index contributed by atoms with van der Waals surface area (Å²) in [5, 5.41) is 44.6. The molecule has 0 atom stereocenters. The smallest absolute Gasteiger partial charge is 0.296 e. The number of nitrogens with one attached hydrogen (secondary N) is 4. The third-order valence-electron chi connectivity index (χ3n) is 12.0. The highest BCUT2D eigenvalue weighted by Gasteiger charge is 2.25. The number of azo groups is 4. The van der Waals surface area contributed by atoms with Gasteiger partial charge in [-0.15, -0.1) is 20.5 Å². The molecular weight excluding hydrogens is 1340 g/mol. The molecule has 0 aliphatic rings. The first-order chi connectivity index (χ1) is 43.8. The Hall–Kier alpha value is -10.4. The molecule has 0 radical (unpaired) electrons. The van der Waals surface area contributed by atoms with Gasteiger partial charge in [-0.05, 0) is 146 Å². The van der Waals surface area contributed by atoms with E-state index in [1.54, 1.807) is 60.7 Å². The number of hydrogen-bond donors (Lipinski definition) is 10. The van der Waals surface area contributed by atoms with Crippen LogP contribution in [0, 0.1) is 0 Å². The fourth-order valence-corrected chi connectivity index (χ4v) is 11.5. The molecule has 93 heavy (non-hydrogen) atoms. The molecular formula is C53H44N16O18S6. The van der Waals surface area contributed by atoms with Crippen LogP contribution in [0.4, 0.5) is 97.5 Å². The summed E-state index contributed by atoms with van der Waals surface area (Å²) in [5.74, 6) is -4.58. The van der Waals surface area contributed by atoms with E-state index >= 15 is 0 Å². The lowest BCUT2D eigenvalue weighted by atomic mass is 10.2. The quantitative estimate of drug-likeness (QED) is 0.0188. The predicted octanol–water partition coefficient (Wildman–Crippen LogP) is 12.0. The van der Waals surface area contributed by atoms with Crippen molar-refractivity contribution in [1.82, 2.24) is 15.0 Å². The lowest BCUT2D eigenvalue weighted by Crippen LogP contribution is -2.35. The van der Waals surface area contributed by atoms with E-state index in [4.69, 9.17) is 0 Å². The zero-order chi connectivity index (χ0) is 66.9. The highest BCUT2D eigenvalue weighted by molar-refractivity contribution is 7.87. The van der Waals surface area contributed by atoms with Gasteiger partial charge in [-0.2, -0.15) is 85.9 Å². The summed E-state index contributed by atoms with van der Waals surface area (Å²) >= 11 is 0. The van der Waals surface area contributed by atoms with Crippen LogP contribution in [0.25, 0.3) is 0 Å². The van der Waals surface area contributed by atoms with Crippen LogP contribution in [0.3, 0.4) is 0 Å². The summed E-state index contributed by atoms with van der Waals surface area (Å²) in [6, 6.07) is 41.3. The normalized spacial score (nSPS) is 12.6. The molecule has 8 aromatic carbocycles. The van der Waals surface area contributed by atoms with E-state index in [1.165, 1.54) is 72.8 Å². The van der Waals surface area contributed by atoms with Gasteiger partial charge in [-0.3, -0.25) is 27.3 Å². The van der Waals surface area contributed by atoms with Crippen LogP contribution in [0.1, 0.15) is 0 Å². The molecule has 9 rings (SSSR count). The highest BCUT2D eigenvalue weighted by Crippen LogP contribution is 2.39. The molecule has 0 aliphatic heterocycles. The van der Waals surface area contributed by atoms with Crippen LogP contribution < -0.4 is 26.2 Å². The summed E-state index contributed by atoms with van der Waals surface area (Å²) in [5.41, 5.74) is 0.943. The maximum absolute atomic E-state index is 12.7. The van der Waals surface area contributed by atoms with Crippen molar-refractivity contribution in [2.24, 2.45) is 40.9 Å². The number of hydrogen-bond acceptors (Lipinski definition) is 28. The Balaban J connectivity index is 1.05. The van der Waals surface area contributed by atoms with Gasteiger partial charge in [0, 0.05) is 22.7 Å². The minimum Gasteiger partial charge on any atom is -0.354 e. The molecule has 10 N–H and O–H groups in total. The molecule has 480 valence electrons. The van der Waals surface area contributed by atoms with E-state index in [0.29, 0.717) is 16.3 Å². The van der Waals surface area contributed by atoms with Crippen LogP contribution in [-0.2, 0) is 60.7 Å². The average molecular weight is 1390 g/mol. The van der Waals surface area contributed by atoms with Gasteiger partial charge in [0.2, 0.25) is 17.8 Å². The van der Waals surface area contributed by atoms with Crippen LogP contribution in [-0.4, -0.2) is 105 Å². The summed E-state index contributed by atoms with van der Waals surface area (Å²) in [7, 11) is -29.2. The lowest BCUT2D eigenvalue weighted by molar-refractivity contribution is 0.473. The van der Waals surface area contributed by atoms with Crippen molar-refractivity contribution in [3.05, 3.63) is 182 Å². The number of nitrogens with zero attached hydrogens (tertiary/aromatic N) is 12. The zero-order valence-electron chi connectivity index (χ0n) is 46.6. The Labute approximate surface area is 528 Å². The Morgan fingerprint density at radius 2 is 0.656 bits per heavy atom. The van der Waals surface area contributed by atoms with Gasteiger partial charge >= 0.3 is 0 Å². The van der Waals surface area contributed by atoms with Gasteiger partial charge in [-0.25, -0.2) is 0 Å². The molecule has 0 spiro atoms. The SMILES string of the molecule is O=S(=O)(O)CN(CS(=O)(=O)O)c1nc(Nc2ccc(N=Nc3ccc(N=Nc4ccc(S(=O)(=O)O)cc4)cc3S(=O)(=O)O)c(Nc3ccccc3)c2)nc(Nc2ccc(N=Nc3ccc(N=Nc4ccc(S(=O)(=O)O)cc4)cc3S(=O)(=O)O)c(Nc3ccccc3)c2)n1. The largest absolute Gasteiger partial charge is 0.354 e. The average Bonchev–Trinajstić information content (AvgIpc) is 0.913. The van der Waals surface area contributed by atoms with Crippen molar-refractivity contribution >= 4 is 158 Å². The van der Waals surface area contributed by atoms with Crippen molar-refractivity contribution in [3.8, 4) is 0 Å². The second-order valence-corrected chi connectivity index (χ2v) is 27.4. The number of benzene rings is 8. The van der Waals surface area contributed by atoms with Crippen molar-refractivity contribution in [3.63, 3.8) is 0 Å². The molecule has 1 aromatic heterocycles. The molecule has 0 fully saturated rings. The van der Waals surface area contributed by atoms with E-state index in [0.717, 1.165) is 48.5 Å². The number of rotatable bonds is 25. The molecule has 1 heterocycles. The third kappa shape index (κ3) is 19.3. The summed E-state index contributed by atoms with van der Waals surface area (Å²) in [6.07, 6.45) is 0. The molecule has 0 unspecified atom stereocenters. The molecule has 0 bridgehead atoms. The van der Waals surface area contributed by atoms with E-state index in [1.807, 2.05) is 0 Å². The zero-order valence-corrected chi connectivity index (χ0v) is 51.5. The van der Waals surface area contributed by atoms with Gasteiger partial charge in [0.1, 0.15) is 44.3 Å². The third-order valence-corrected chi connectivity index (χ3v) is 16.7. The maximum Gasteiger partial charge on any atom is 0.296 e. The van der Waals surface area contributed by atoms with Gasteiger partial charge in [0.25, 0.3) is 60.7 Å². The monoisotopic (exact) mass is 1380 g/mol. The number of para-hydroxylation sites is 2. The predicted molar refractivity (Wildman–Crippen MR) is 336 cm³/mol. The first-order valence-electron chi connectivity index (χ1n) is 25.7. The van der Waals surface area contributed by atoms with Crippen molar-refractivity contribution in [2.75, 3.05) is 37.9 Å². The lowest BCUT2D eigenvalue weighted by Gasteiger charge is -2.21. The Kier molecular flexibility index (Phi) is 19.9. The van der Waals surface area contributed by atoms with Gasteiger partial charge < -0.3 is 26.2 Å². The van der Waals surface area contributed by atoms with Gasteiger partial charge in [0.05, 0.1) is 43.9 Å². The number of aromatic nitrogens is 3. The summed E-state index contributed by atoms with van der Waals surface area (Å²) < 4.78 is 204. The molecule has 0 saturated heterocycles. The second kappa shape index (κ2) is 27.6. The molecule has 40 heteroatoms. The van der Waals surface area contributed by atoms with E-state index in [-0.39, 0.29) is 68.2 Å². The minimum absolute atomic E-state index is 0.0417. The first kappa shape index (κ1) is 67.0. The fourth-order valence-electron chi connectivity index (χ4n) is 7.90. The van der Waals surface area contributed by atoms with Crippen molar-refractivity contribution < 1.29 is 77.8 Å². The second-order valence-electron chi connectivity index (χ2n) is 18.9. The Morgan fingerprint density at radius 3 is 1.00 bits per heavy atom. The van der Waals surface area contributed by atoms with Crippen LogP contribution in [0.2, 0.25) is 0 Å². The Bertz CT molecular complexity index is 4850. The topological polar surface area (TPSA) is 515 Å². The van der Waals surface area contributed by atoms with Crippen molar-refractivity contribution in [2.45, 2.75) is 19.6 Å². The van der Waals surface area contributed by atoms with Crippen LogP contribution in [0.5, 0.6) is 0 Å². The molecule has 9 aromatic rings. The molecule has 0 saturated carbocycles. The summed E-state index contributed by atoms with van der Waals surface area (Å²) in [6.45, 7) is 0. The standard InChI is InChI=1S/C53H44N16O18S6/c70-88(71,72)31-69(32-89(73,74)75)53-59-51(56-37-15-23-43(47(27-37)54-33-7-3-1-4-8-33)65-67-45-25-17-39(29-49(45)92(82,83)84)63-61-35-11-19-41(20-12-35)90(76,77)78)58-52(60-53)57-38-16-24-44(48(28-38)55-34-9-5-2-6-10-34)66-68-46-26-18-40(30-50(46)93(85,86)87)64-62-36-13-21-42(22-14-36)91(79,80)81/h1-30,54-55H,31-32H2,(H,70,71,72)(H,73,74,75)(H,76,77,78)(H,79,80,81)(H,82,83,84)(H,85,86,87)(H2,56,57,58,59,60). The van der Waals surface area contributed by atoms with Crippen LogP contribution >= 0.6 is 0 Å². The number of anilines is 9. The first-order valence-corrected chi connectivity index (χ1v) is 34.7. The van der Waals surface area contributed by atoms with E-state index < -0.39 is 110 Å². The Morgan fingerprint density at radius 1 is 0.323 bits per heavy atom. The van der Waals surface area contributed by atoms with Gasteiger partial charge in [-0.1, -0.05) is 36.4 Å². The van der Waals surface area contributed by atoms with E-state index in [2.05, 4.69) is 77.1 Å². The highest BCUT2D eigenvalue weighted by atomic mass is 32.2. The molecule has 0 amide bonds. The van der Waals surface area contributed by atoms with Crippen molar-refractivity contribution in [1.29, 1.82) is 0 Å². The van der Waals surface area contributed by atoms with E-state index in [9.17, 15) is 77.8 Å². The maximum atomic E-state index is 12.7. The minimum atomic E-state index is -5.08. The summed E-state index contributed by atoms with van der Waals surface area (Å²) in [4.78, 5) is 10.9. The van der Waals surface area contributed by atoms with Gasteiger partial charge in [0.15, 0.2) is 0 Å². The molecule has 0 aliphatic carbocycles.